The number of benzene rings is 2. The number of Topliss-reactive ketones (excluding diaryl/α,β-unsaturated/α-hetero) is 1. The van der Waals surface area contributed by atoms with Gasteiger partial charge in [-0.25, -0.2) is 4.79 Å². The molecule has 0 fully saturated rings. The Bertz CT molecular complexity index is 1170. The van der Waals surface area contributed by atoms with E-state index in [2.05, 4.69) is 0 Å². The Morgan fingerprint density at radius 3 is 2.23 bits per heavy atom. The third kappa shape index (κ3) is 4.43. The summed E-state index contributed by atoms with van der Waals surface area (Å²) in [5.74, 6) is -0.0711. The Hall–Kier alpha value is -3.94. The first-order valence-electron chi connectivity index (χ1n) is 11.4. The first-order chi connectivity index (χ1) is 16.9. The van der Waals surface area contributed by atoms with Crippen molar-refractivity contribution in [3.05, 3.63) is 76.4 Å². The molecule has 184 valence electrons. The number of nitrogens with two attached hydrogens (primary N) is 1. The molecule has 8 nitrogen and oxygen atoms in total. The minimum atomic E-state index is -0.810. The summed E-state index contributed by atoms with van der Waals surface area (Å²) in [6.45, 7) is 1.85. The summed E-state index contributed by atoms with van der Waals surface area (Å²) < 4.78 is 27.7. The number of hydrogen-bond donors (Lipinski definition) is 1. The van der Waals surface area contributed by atoms with E-state index in [1.54, 1.807) is 19.1 Å². The summed E-state index contributed by atoms with van der Waals surface area (Å²) in [7, 11) is 4.51. The van der Waals surface area contributed by atoms with Gasteiger partial charge in [0, 0.05) is 18.4 Å². The molecule has 0 saturated heterocycles. The lowest BCUT2D eigenvalue weighted by atomic mass is 9.73. The highest BCUT2D eigenvalue weighted by molar-refractivity contribution is 6.03. The van der Waals surface area contributed by atoms with Crippen molar-refractivity contribution in [2.75, 3.05) is 27.9 Å². The number of rotatable bonds is 7. The van der Waals surface area contributed by atoms with Gasteiger partial charge in [0.15, 0.2) is 17.3 Å². The van der Waals surface area contributed by atoms with E-state index in [9.17, 15) is 9.59 Å². The van der Waals surface area contributed by atoms with Crippen LogP contribution < -0.4 is 19.9 Å². The molecule has 0 bridgehead atoms. The monoisotopic (exact) mass is 479 g/mol. The maximum absolute atomic E-state index is 13.6. The van der Waals surface area contributed by atoms with Gasteiger partial charge in [-0.1, -0.05) is 30.3 Å². The van der Waals surface area contributed by atoms with Crippen molar-refractivity contribution < 1.29 is 33.3 Å². The number of ketones is 1. The first-order valence-corrected chi connectivity index (χ1v) is 11.4. The van der Waals surface area contributed by atoms with Crippen molar-refractivity contribution in [2.45, 2.75) is 31.6 Å². The summed E-state index contributed by atoms with van der Waals surface area (Å²) in [5.41, 5.74) is 8.38. The zero-order valence-electron chi connectivity index (χ0n) is 20.3. The van der Waals surface area contributed by atoms with E-state index in [1.807, 2.05) is 30.3 Å². The second kappa shape index (κ2) is 10.1. The largest absolute Gasteiger partial charge is 0.493 e. The second-order valence-electron chi connectivity index (χ2n) is 8.27. The van der Waals surface area contributed by atoms with Crippen LogP contribution >= 0.6 is 0 Å². The number of esters is 1. The lowest BCUT2D eigenvalue weighted by Crippen LogP contribution is -2.33. The summed E-state index contributed by atoms with van der Waals surface area (Å²) >= 11 is 0. The Kier molecular flexibility index (Phi) is 7.00. The molecule has 1 aliphatic heterocycles. The van der Waals surface area contributed by atoms with Gasteiger partial charge < -0.3 is 29.4 Å². The molecule has 0 saturated carbocycles. The van der Waals surface area contributed by atoms with Crippen molar-refractivity contribution in [1.29, 1.82) is 0 Å². The van der Waals surface area contributed by atoms with E-state index in [0.29, 0.717) is 40.6 Å². The van der Waals surface area contributed by atoms with Crippen LogP contribution in [-0.2, 0) is 19.1 Å². The van der Waals surface area contributed by atoms with E-state index in [4.69, 9.17) is 29.4 Å². The number of hydrogen-bond acceptors (Lipinski definition) is 8. The highest BCUT2D eigenvalue weighted by Gasteiger charge is 2.44. The number of carbonyl (C=O) groups is 2. The van der Waals surface area contributed by atoms with Gasteiger partial charge in [-0.3, -0.25) is 4.79 Å². The van der Waals surface area contributed by atoms with E-state index in [0.717, 1.165) is 5.56 Å². The second-order valence-corrected chi connectivity index (χ2v) is 8.27. The molecule has 1 aliphatic carbocycles. The summed E-state index contributed by atoms with van der Waals surface area (Å²) in [6, 6.07) is 13.2. The number of ether oxygens (including phenoxy) is 5. The Morgan fingerprint density at radius 1 is 1.00 bits per heavy atom. The molecule has 2 N–H and O–H groups in total. The minimum Gasteiger partial charge on any atom is -0.493 e. The zero-order valence-corrected chi connectivity index (χ0v) is 20.3. The van der Waals surface area contributed by atoms with Gasteiger partial charge >= 0.3 is 5.97 Å². The molecule has 1 heterocycles. The van der Waals surface area contributed by atoms with Crippen LogP contribution in [0.15, 0.2) is 65.3 Å². The number of methoxy groups -OCH3 is 3. The van der Waals surface area contributed by atoms with Gasteiger partial charge in [0.05, 0.1) is 33.9 Å². The smallest absolute Gasteiger partial charge is 0.340 e. The molecule has 8 heteroatoms. The summed E-state index contributed by atoms with van der Waals surface area (Å²) in [6.07, 6.45) is 0.756. The molecular weight excluding hydrogens is 450 g/mol. The van der Waals surface area contributed by atoms with E-state index < -0.39 is 11.9 Å². The highest BCUT2D eigenvalue weighted by Crippen LogP contribution is 2.50. The van der Waals surface area contributed by atoms with Gasteiger partial charge in [-0.2, -0.15) is 0 Å². The predicted molar refractivity (Wildman–Crippen MR) is 128 cm³/mol. The zero-order chi connectivity index (χ0) is 25.1. The van der Waals surface area contributed by atoms with Crippen LogP contribution in [0.3, 0.4) is 0 Å². The van der Waals surface area contributed by atoms with Crippen LogP contribution in [0, 0.1) is 0 Å². The molecule has 2 atom stereocenters. The molecule has 2 aromatic rings. The van der Waals surface area contributed by atoms with Crippen LogP contribution in [0.5, 0.6) is 17.2 Å². The van der Waals surface area contributed by atoms with Crippen LogP contribution in [0.4, 0.5) is 0 Å². The maximum atomic E-state index is 13.6. The molecule has 4 rings (SSSR count). The number of carbonyl (C=O) groups excluding carboxylic acids is 2. The maximum Gasteiger partial charge on any atom is 0.340 e. The lowest BCUT2D eigenvalue weighted by molar-refractivity contribution is -0.139. The van der Waals surface area contributed by atoms with Crippen molar-refractivity contribution >= 4 is 11.8 Å². The Balaban J connectivity index is 1.88. The van der Waals surface area contributed by atoms with Gasteiger partial charge in [-0.15, -0.1) is 0 Å². The van der Waals surface area contributed by atoms with E-state index >= 15 is 0 Å². The molecule has 2 aliphatic rings. The van der Waals surface area contributed by atoms with Crippen molar-refractivity contribution in [1.82, 2.24) is 0 Å². The van der Waals surface area contributed by atoms with Crippen LogP contribution in [0.2, 0.25) is 0 Å². The third-order valence-electron chi connectivity index (χ3n) is 6.33. The van der Waals surface area contributed by atoms with Crippen LogP contribution in [0.1, 0.15) is 42.7 Å². The van der Waals surface area contributed by atoms with E-state index in [1.165, 1.54) is 21.3 Å². The third-order valence-corrected chi connectivity index (χ3v) is 6.33. The standard InChI is InChI=1S/C27H29NO7/c1-5-34-27(30)24-22(17-13-20(31-2)25(33-4)21(14-17)32-3)23-18(29)11-16(12-19(23)35-26(24)28)15-9-7-6-8-10-15/h6-10,13-14,16,22H,5,11-12,28H2,1-4H3/t16-,22-/m1/s1. The lowest BCUT2D eigenvalue weighted by Gasteiger charge is -2.35. The molecule has 0 spiro atoms. The minimum absolute atomic E-state index is 0.0556. The fourth-order valence-electron chi connectivity index (χ4n) is 4.78. The molecular formula is C27H29NO7. The van der Waals surface area contributed by atoms with Gasteiger partial charge in [0.2, 0.25) is 11.6 Å². The van der Waals surface area contributed by atoms with Gasteiger partial charge in [-0.05, 0) is 36.1 Å². The summed E-state index contributed by atoms with van der Waals surface area (Å²) in [5, 5.41) is 0. The fraction of sp³-hybridized carbons (Fsp3) is 0.333. The molecule has 0 amide bonds. The predicted octanol–water partition coefficient (Wildman–Crippen LogP) is 3.96. The average molecular weight is 480 g/mol. The van der Waals surface area contributed by atoms with Gasteiger partial charge in [0.25, 0.3) is 0 Å². The number of allylic oxidation sites excluding steroid dienone is 2. The van der Waals surface area contributed by atoms with Gasteiger partial charge in [0.1, 0.15) is 11.3 Å². The molecule has 0 radical (unpaired) electrons. The van der Waals surface area contributed by atoms with E-state index in [-0.39, 0.29) is 36.2 Å². The SMILES string of the molecule is CCOC(=O)C1=C(N)OC2=C(C(=O)C[C@@H](c3ccccc3)C2)[C@H]1c1cc(OC)c(OC)c(OC)c1. The topological polar surface area (TPSA) is 106 Å². The van der Waals surface area contributed by atoms with Crippen molar-refractivity contribution in [2.24, 2.45) is 5.73 Å². The molecule has 2 aromatic carbocycles. The Morgan fingerprint density at radius 2 is 1.66 bits per heavy atom. The molecule has 0 aromatic heterocycles. The highest BCUT2D eigenvalue weighted by atomic mass is 16.5. The van der Waals surface area contributed by atoms with Crippen molar-refractivity contribution in [3.63, 3.8) is 0 Å². The van der Waals surface area contributed by atoms with Crippen LogP contribution in [0.25, 0.3) is 0 Å². The summed E-state index contributed by atoms with van der Waals surface area (Å²) in [4.78, 5) is 26.7. The first kappa shape index (κ1) is 24.2. The fourth-order valence-corrected chi connectivity index (χ4v) is 4.78. The quantitative estimate of drug-likeness (QED) is 0.595. The van der Waals surface area contributed by atoms with Crippen molar-refractivity contribution in [3.8, 4) is 17.2 Å². The molecule has 0 unspecified atom stereocenters. The van der Waals surface area contributed by atoms with Crippen LogP contribution in [-0.4, -0.2) is 39.7 Å². The molecule has 35 heavy (non-hydrogen) atoms. The normalized spacial score (nSPS) is 19.6. The average Bonchev–Trinajstić information content (AvgIpc) is 2.87. The Labute approximate surface area is 204 Å².